The van der Waals surface area contributed by atoms with Gasteiger partial charge in [-0.3, -0.25) is 0 Å². The zero-order chi connectivity index (χ0) is 13.2. The molecule has 0 unspecified atom stereocenters. The molecule has 3 rings (SSSR count). The highest BCUT2D eigenvalue weighted by molar-refractivity contribution is 7.99. The summed E-state index contributed by atoms with van der Waals surface area (Å²) in [5.41, 5.74) is 6.38. The predicted molar refractivity (Wildman–Crippen MR) is 77.6 cm³/mol. The van der Waals surface area contributed by atoms with Gasteiger partial charge in [-0.15, -0.1) is 10.2 Å². The van der Waals surface area contributed by atoms with Gasteiger partial charge in [0.2, 0.25) is 0 Å². The van der Waals surface area contributed by atoms with Gasteiger partial charge in [0.25, 0.3) is 0 Å². The van der Waals surface area contributed by atoms with Crippen LogP contribution >= 0.6 is 23.4 Å². The largest absolute Gasteiger partial charge is 0.399 e. The van der Waals surface area contributed by atoms with Crippen molar-refractivity contribution < 1.29 is 0 Å². The molecular weight excluding hydrogens is 280 g/mol. The summed E-state index contributed by atoms with van der Waals surface area (Å²) in [6.07, 6.45) is 4.67. The van der Waals surface area contributed by atoms with Crippen LogP contribution in [0.5, 0.6) is 0 Å². The number of nitrogen functional groups attached to an aromatic ring is 1. The first-order chi connectivity index (χ1) is 9.24. The quantitative estimate of drug-likeness (QED) is 0.863. The number of hydrogen-bond acceptors (Lipinski definition) is 4. The van der Waals surface area contributed by atoms with E-state index in [9.17, 15) is 0 Å². The van der Waals surface area contributed by atoms with Gasteiger partial charge in [0.1, 0.15) is 5.82 Å². The van der Waals surface area contributed by atoms with Gasteiger partial charge in [-0.05, 0) is 42.8 Å². The number of hydrogen-bond donors (Lipinski definition) is 1. The summed E-state index contributed by atoms with van der Waals surface area (Å²) < 4.78 is 2.21. The van der Waals surface area contributed by atoms with Crippen LogP contribution in [0.3, 0.4) is 0 Å². The van der Waals surface area contributed by atoms with Gasteiger partial charge in [-0.2, -0.15) is 0 Å². The van der Waals surface area contributed by atoms with E-state index in [4.69, 9.17) is 17.3 Å². The van der Waals surface area contributed by atoms with Crippen LogP contribution in [-0.2, 0) is 13.0 Å². The lowest BCUT2D eigenvalue weighted by Crippen LogP contribution is -2.02. The molecule has 0 bridgehead atoms. The molecule has 1 aliphatic rings. The van der Waals surface area contributed by atoms with Crippen LogP contribution in [0.2, 0.25) is 5.02 Å². The van der Waals surface area contributed by atoms with Crippen molar-refractivity contribution in [3.05, 3.63) is 29.0 Å². The van der Waals surface area contributed by atoms with Gasteiger partial charge in [0, 0.05) is 23.5 Å². The number of rotatable bonds is 2. The van der Waals surface area contributed by atoms with E-state index < -0.39 is 0 Å². The zero-order valence-corrected chi connectivity index (χ0v) is 12.0. The smallest absolute Gasteiger partial charge is 0.196 e. The summed E-state index contributed by atoms with van der Waals surface area (Å²) in [6, 6.07) is 5.55. The second kappa shape index (κ2) is 5.43. The van der Waals surface area contributed by atoms with Crippen molar-refractivity contribution in [2.75, 3.05) is 5.73 Å². The molecule has 2 N–H and O–H groups in total. The summed E-state index contributed by atoms with van der Waals surface area (Å²) >= 11 is 7.76. The highest BCUT2D eigenvalue weighted by atomic mass is 35.5. The second-order valence-electron chi connectivity index (χ2n) is 4.65. The minimum Gasteiger partial charge on any atom is -0.399 e. The Morgan fingerprint density at radius 2 is 2.11 bits per heavy atom. The van der Waals surface area contributed by atoms with E-state index in [0.29, 0.717) is 10.7 Å². The van der Waals surface area contributed by atoms with Gasteiger partial charge in [0.05, 0.1) is 5.02 Å². The van der Waals surface area contributed by atoms with Crippen molar-refractivity contribution in [1.82, 2.24) is 14.8 Å². The van der Waals surface area contributed by atoms with E-state index in [1.54, 1.807) is 17.8 Å². The number of nitrogens with two attached hydrogens (primary N) is 1. The zero-order valence-electron chi connectivity index (χ0n) is 10.5. The van der Waals surface area contributed by atoms with Crippen LogP contribution in [0.25, 0.3) is 0 Å². The van der Waals surface area contributed by atoms with E-state index in [1.807, 2.05) is 12.1 Å². The second-order valence-corrected chi connectivity index (χ2v) is 6.07. The van der Waals surface area contributed by atoms with Gasteiger partial charge in [-0.25, -0.2) is 0 Å². The number of fused-ring (bicyclic) bond motifs is 1. The number of halogens is 1. The number of anilines is 1. The summed E-state index contributed by atoms with van der Waals surface area (Å²) in [5, 5.41) is 10.2. The number of benzene rings is 1. The molecule has 0 amide bonds. The van der Waals surface area contributed by atoms with Gasteiger partial charge in [-0.1, -0.05) is 18.0 Å². The Hall–Kier alpha value is -1.20. The van der Waals surface area contributed by atoms with E-state index >= 15 is 0 Å². The average molecular weight is 295 g/mol. The maximum Gasteiger partial charge on any atom is 0.196 e. The molecule has 0 aliphatic carbocycles. The Morgan fingerprint density at radius 3 is 2.95 bits per heavy atom. The number of aryl methyl sites for hydroxylation is 1. The number of aromatic nitrogens is 3. The lowest BCUT2D eigenvalue weighted by Gasteiger charge is -2.07. The summed E-state index contributed by atoms with van der Waals surface area (Å²) in [7, 11) is 0. The van der Waals surface area contributed by atoms with Gasteiger partial charge >= 0.3 is 0 Å². The van der Waals surface area contributed by atoms with Crippen LogP contribution in [0.15, 0.2) is 28.3 Å². The predicted octanol–water partition coefficient (Wildman–Crippen LogP) is 3.39. The molecule has 1 aliphatic heterocycles. The van der Waals surface area contributed by atoms with Crippen molar-refractivity contribution in [2.45, 2.75) is 42.3 Å². The fraction of sp³-hybridized carbons (Fsp3) is 0.385. The molecule has 0 atom stereocenters. The molecular formula is C13H15ClN4S. The highest BCUT2D eigenvalue weighted by Crippen LogP contribution is 2.34. The maximum absolute atomic E-state index is 6.20. The Kier molecular flexibility index (Phi) is 3.66. The molecule has 2 heterocycles. The standard InChI is InChI=1S/C13H15ClN4S/c14-10-8-9(15)5-6-11(10)19-13-17-16-12-4-2-1-3-7-18(12)13/h5-6,8H,1-4,7,15H2. The monoisotopic (exact) mass is 294 g/mol. The van der Waals surface area contributed by atoms with Gasteiger partial charge in [0.15, 0.2) is 5.16 Å². The molecule has 4 nitrogen and oxygen atoms in total. The van der Waals surface area contributed by atoms with Crippen molar-refractivity contribution in [1.29, 1.82) is 0 Å². The first kappa shape index (κ1) is 12.8. The Bertz CT molecular complexity index is 596. The van der Waals surface area contributed by atoms with Crippen LogP contribution < -0.4 is 5.73 Å². The van der Waals surface area contributed by atoms with Crippen LogP contribution in [0.4, 0.5) is 5.69 Å². The summed E-state index contributed by atoms with van der Waals surface area (Å²) in [5.74, 6) is 1.09. The minimum atomic E-state index is 0.663. The third kappa shape index (κ3) is 2.72. The van der Waals surface area contributed by atoms with Crippen molar-refractivity contribution in [3.63, 3.8) is 0 Å². The summed E-state index contributed by atoms with van der Waals surface area (Å²) in [6.45, 7) is 0.997. The minimum absolute atomic E-state index is 0.663. The van der Waals surface area contributed by atoms with E-state index in [-0.39, 0.29) is 0 Å². The highest BCUT2D eigenvalue weighted by Gasteiger charge is 2.16. The molecule has 6 heteroatoms. The molecule has 0 saturated carbocycles. The van der Waals surface area contributed by atoms with Crippen molar-refractivity contribution in [2.24, 2.45) is 0 Å². The Morgan fingerprint density at radius 1 is 1.21 bits per heavy atom. The molecule has 100 valence electrons. The molecule has 0 fully saturated rings. The van der Waals surface area contributed by atoms with Gasteiger partial charge < -0.3 is 10.3 Å². The normalized spacial score (nSPS) is 15.0. The molecule has 2 aromatic rings. The topological polar surface area (TPSA) is 56.7 Å². The molecule has 0 saturated heterocycles. The lowest BCUT2D eigenvalue weighted by molar-refractivity contribution is 0.591. The molecule has 1 aromatic carbocycles. The first-order valence-corrected chi connectivity index (χ1v) is 7.58. The lowest BCUT2D eigenvalue weighted by atomic mass is 10.2. The first-order valence-electron chi connectivity index (χ1n) is 6.39. The fourth-order valence-electron chi connectivity index (χ4n) is 2.23. The fourth-order valence-corrected chi connectivity index (χ4v) is 3.41. The van der Waals surface area contributed by atoms with E-state index in [2.05, 4.69) is 14.8 Å². The molecule has 0 spiro atoms. The van der Waals surface area contributed by atoms with Crippen molar-refractivity contribution >= 4 is 29.1 Å². The SMILES string of the molecule is Nc1ccc(Sc2nnc3n2CCCCC3)c(Cl)c1. The van der Waals surface area contributed by atoms with E-state index in [1.165, 1.54) is 19.3 Å². The van der Waals surface area contributed by atoms with Crippen molar-refractivity contribution in [3.8, 4) is 0 Å². The molecule has 0 radical (unpaired) electrons. The van der Waals surface area contributed by atoms with Crippen LogP contribution in [0, 0.1) is 0 Å². The van der Waals surface area contributed by atoms with Crippen LogP contribution in [-0.4, -0.2) is 14.8 Å². The Labute approximate surface area is 121 Å². The molecule has 1 aromatic heterocycles. The Balaban J connectivity index is 1.89. The van der Waals surface area contributed by atoms with Crippen LogP contribution in [0.1, 0.15) is 25.1 Å². The molecule has 19 heavy (non-hydrogen) atoms. The maximum atomic E-state index is 6.20. The van der Waals surface area contributed by atoms with E-state index in [0.717, 1.165) is 28.8 Å². The third-order valence-electron chi connectivity index (χ3n) is 3.23. The number of nitrogens with zero attached hydrogens (tertiary/aromatic N) is 3. The average Bonchev–Trinajstić information content (AvgIpc) is 2.61. The third-order valence-corrected chi connectivity index (χ3v) is 4.72. The summed E-state index contributed by atoms with van der Waals surface area (Å²) in [4.78, 5) is 0.968.